The van der Waals surface area contributed by atoms with Crippen LogP contribution < -0.4 is 10.5 Å². The molecule has 0 radical (unpaired) electrons. The maximum absolute atomic E-state index is 11.7. The van der Waals surface area contributed by atoms with Crippen molar-refractivity contribution in [1.29, 1.82) is 0 Å². The normalized spacial score (nSPS) is 11.9. The zero-order chi connectivity index (χ0) is 12.0. The predicted octanol–water partition coefficient (Wildman–Crippen LogP) is -1.33. The molecule has 0 aliphatic rings. The highest BCUT2D eigenvalue weighted by molar-refractivity contribution is 7.89. The molecule has 92 valence electrons. The van der Waals surface area contributed by atoms with Crippen molar-refractivity contribution in [3.8, 4) is 0 Å². The Bertz CT molecular complexity index is 415. The van der Waals surface area contributed by atoms with Gasteiger partial charge in [0.2, 0.25) is 0 Å². The Labute approximate surface area is 94.6 Å². The van der Waals surface area contributed by atoms with Crippen molar-refractivity contribution >= 4 is 10.0 Å². The van der Waals surface area contributed by atoms with Crippen molar-refractivity contribution < 1.29 is 13.2 Å². The third kappa shape index (κ3) is 3.56. The summed E-state index contributed by atoms with van der Waals surface area (Å²) in [5.41, 5.74) is 5.22. The monoisotopic (exact) mass is 248 g/mol. The van der Waals surface area contributed by atoms with Gasteiger partial charge >= 0.3 is 0 Å². The third-order valence-electron chi connectivity index (χ3n) is 1.85. The summed E-state index contributed by atoms with van der Waals surface area (Å²) in [5.74, 6) is 0. The van der Waals surface area contributed by atoms with Gasteiger partial charge in [-0.3, -0.25) is 4.68 Å². The van der Waals surface area contributed by atoms with Crippen LogP contribution in [0.2, 0.25) is 0 Å². The first-order chi connectivity index (χ1) is 7.58. The van der Waals surface area contributed by atoms with Crippen LogP contribution in [-0.4, -0.2) is 44.5 Å². The zero-order valence-corrected chi connectivity index (χ0v) is 9.90. The molecule has 1 aromatic rings. The van der Waals surface area contributed by atoms with Crippen LogP contribution in [0.4, 0.5) is 0 Å². The molecule has 0 aromatic carbocycles. The molecule has 3 N–H and O–H groups in total. The minimum absolute atomic E-state index is 0.131. The summed E-state index contributed by atoms with van der Waals surface area (Å²) in [4.78, 5) is 0. The van der Waals surface area contributed by atoms with Crippen molar-refractivity contribution in [2.24, 2.45) is 12.8 Å². The van der Waals surface area contributed by atoms with Crippen LogP contribution in [0, 0.1) is 0 Å². The van der Waals surface area contributed by atoms with Crippen LogP contribution in [0.5, 0.6) is 0 Å². The summed E-state index contributed by atoms with van der Waals surface area (Å²) in [7, 11) is -1.93. The number of aryl methyl sites for hydroxylation is 1. The van der Waals surface area contributed by atoms with E-state index in [1.807, 2.05) is 0 Å². The van der Waals surface area contributed by atoms with Crippen LogP contribution in [0.3, 0.4) is 0 Å². The highest BCUT2D eigenvalue weighted by Gasteiger charge is 2.16. The summed E-state index contributed by atoms with van der Waals surface area (Å²) >= 11 is 0. The molecule has 8 heteroatoms. The van der Waals surface area contributed by atoms with E-state index in [1.54, 1.807) is 7.05 Å². The van der Waals surface area contributed by atoms with Gasteiger partial charge in [-0.05, 0) is 6.07 Å². The van der Waals surface area contributed by atoms with Crippen LogP contribution in [-0.2, 0) is 21.8 Å². The predicted molar refractivity (Wildman–Crippen MR) is 58.3 cm³/mol. The van der Waals surface area contributed by atoms with Gasteiger partial charge in [-0.1, -0.05) is 0 Å². The van der Waals surface area contributed by atoms with Gasteiger partial charge in [-0.15, -0.1) is 0 Å². The lowest BCUT2D eigenvalue weighted by Gasteiger charge is -2.06. The number of ether oxygens (including phenoxy) is 1. The summed E-state index contributed by atoms with van der Waals surface area (Å²) in [5, 5.41) is 3.92. The summed E-state index contributed by atoms with van der Waals surface area (Å²) in [6, 6.07) is 1.43. The summed E-state index contributed by atoms with van der Waals surface area (Å²) in [6.45, 7) is 1.36. The van der Waals surface area contributed by atoms with Crippen molar-refractivity contribution in [3.05, 3.63) is 12.3 Å². The van der Waals surface area contributed by atoms with Crippen molar-refractivity contribution in [2.45, 2.75) is 5.03 Å². The number of nitrogens with one attached hydrogen (secondary N) is 1. The standard InChI is InChI=1S/C8H16N4O3S/c1-12-8(2-4-10-12)16(13,14)11-5-7-15-6-3-9/h2,4,11H,3,5-7,9H2,1H3. The number of hydrogen-bond acceptors (Lipinski definition) is 5. The molecular formula is C8H16N4O3S. The fourth-order valence-electron chi connectivity index (χ4n) is 1.13. The molecule has 0 fully saturated rings. The molecule has 0 aliphatic carbocycles. The van der Waals surface area contributed by atoms with Gasteiger partial charge in [-0.2, -0.15) is 5.10 Å². The third-order valence-corrected chi connectivity index (χ3v) is 3.39. The highest BCUT2D eigenvalue weighted by atomic mass is 32.2. The maximum atomic E-state index is 11.7. The first-order valence-corrected chi connectivity index (χ1v) is 6.31. The van der Waals surface area contributed by atoms with E-state index in [0.29, 0.717) is 19.8 Å². The fraction of sp³-hybridized carbons (Fsp3) is 0.625. The molecule has 0 atom stereocenters. The summed E-state index contributed by atoms with van der Waals surface area (Å²) in [6.07, 6.45) is 1.43. The SMILES string of the molecule is Cn1nccc1S(=O)(=O)NCCOCCN. The molecule has 1 heterocycles. The number of rotatable bonds is 7. The van der Waals surface area contributed by atoms with E-state index in [0.717, 1.165) is 0 Å². The smallest absolute Gasteiger partial charge is 0.257 e. The lowest BCUT2D eigenvalue weighted by molar-refractivity contribution is 0.147. The summed E-state index contributed by atoms with van der Waals surface area (Å²) < 4.78 is 32.1. The molecule has 0 unspecified atom stereocenters. The molecule has 0 spiro atoms. The molecule has 1 rings (SSSR count). The van der Waals surface area contributed by atoms with Crippen molar-refractivity contribution in [2.75, 3.05) is 26.3 Å². The lowest BCUT2D eigenvalue weighted by Crippen LogP contribution is -2.29. The van der Waals surface area contributed by atoms with Gasteiger partial charge in [0.25, 0.3) is 10.0 Å². The molecule has 1 aromatic heterocycles. The molecule has 0 bridgehead atoms. The average molecular weight is 248 g/mol. The van der Waals surface area contributed by atoms with E-state index >= 15 is 0 Å². The van der Waals surface area contributed by atoms with E-state index in [2.05, 4.69) is 9.82 Å². The van der Waals surface area contributed by atoms with Crippen LogP contribution in [0.1, 0.15) is 0 Å². The topological polar surface area (TPSA) is 99.2 Å². The van der Waals surface area contributed by atoms with Gasteiger partial charge in [0.15, 0.2) is 5.03 Å². The number of aromatic nitrogens is 2. The van der Waals surface area contributed by atoms with E-state index in [4.69, 9.17) is 10.5 Å². The van der Waals surface area contributed by atoms with Crippen LogP contribution in [0.15, 0.2) is 17.3 Å². The lowest BCUT2D eigenvalue weighted by atomic mass is 10.7. The van der Waals surface area contributed by atoms with Gasteiger partial charge < -0.3 is 10.5 Å². The molecule has 0 saturated heterocycles. The Kier molecular flexibility index (Phi) is 4.87. The highest BCUT2D eigenvalue weighted by Crippen LogP contribution is 2.04. The van der Waals surface area contributed by atoms with Gasteiger partial charge in [-0.25, -0.2) is 13.1 Å². The molecule has 0 amide bonds. The quantitative estimate of drug-likeness (QED) is 0.583. The zero-order valence-electron chi connectivity index (χ0n) is 9.09. The van der Waals surface area contributed by atoms with Gasteiger partial charge in [0.1, 0.15) is 0 Å². The molecule has 7 nitrogen and oxygen atoms in total. The minimum Gasteiger partial charge on any atom is -0.379 e. The molecule has 0 saturated carbocycles. The van der Waals surface area contributed by atoms with Crippen LogP contribution >= 0.6 is 0 Å². The number of sulfonamides is 1. The maximum Gasteiger partial charge on any atom is 0.257 e. The van der Waals surface area contributed by atoms with Crippen molar-refractivity contribution in [1.82, 2.24) is 14.5 Å². The fourth-order valence-corrected chi connectivity index (χ4v) is 2.27. The van der Waals surface area contributed by atoms with E-state index in [-0.39, 0.29) is 11.6 Å². The number of nitrogens with zero attached hydrogens (tertiary/aromatic N) is 2. The largest absolute Gasteiger partial charge is 0.379 e. The first kappa shape index (κ1) is 13.1. The Morgan fingerprint density at radius 3 is 2.88 bits per heavy atom. The molecule has 16 heavy (non-hydrogen) atoms. The number of nitrogens with two attached hydrogens (primary N) is 1. The van der Waals surface area contributed by atoms with E-state index < -0.39 is 10.0 Å². The first-order valence-electron chi connectivity index (χ1n) is 4.83. The van der Waals surface area contributed by atoms with E-state index in [1.165, 1.54) is 16.9 Å². The minimum atomic E-state index is -3.50. The Morgan fingerprint density at radius 1 is 1.56 bits per heavy atom. The second-order valence-corrected chi connectivity index (χ2v) is 4.81. The molecule has 0 aliphatic heterocycles. The second kappa shape index (κ2) is 5.94. The Morgan fingerprint density at radius 2 is 2.31 bits per heavy atom. The van der Waals surface area contributed by atoms with Gasteiger partial charge in [0, 0.05) is 20.1 Å². The Balaban J connectivity index is 2.45. The number of hydrogen-bond donors (Lipinski definition) is 2. The Hall–Kier alpha value is -0.960. The van der Waals surface area contributed by atoms with Crippen LogP contribution in [0.25, 0.3) is 0 Å². The average Bonchev–Trinajstić information content (AvgIpc) is 2.65. The van der Waals surface area contributed by atoms with Gasteiger partial charge in [0.05, 0.1) is 19.4 Å². The second-order valence-electron chi connectivity index (χ2n) is 3.09. The molecular weight excluding hydrogens is 232 g/mol. The van der Waals surface area contributed by atoms with Crippen molar-refractivity contribution in [3.63, 3.8) is 0 Å². The van der Waals surface area contributed by atoms with E-state index in [9.17, 15) is 8.42 Å².